The smallest absolute Gasteiger partial charge is 0.282 e. The molecule has 8 heteroatoms. The van der Waals surface area contributed by atoms with E-state index in [1.54, 1.807) is 18.2 Å². The highest BCUT2D eigenvalue weighted by Crippen LogP contribution is 2.42. The van der Waals surface area contributed by atoms with Gasteiger partial charge in [0.2, 0.25) is 5.75 Å². The Morgan fingerprint density at radius 3 is 2.16 bits per heavy atom. The highest BCUT2D eigenvalue weighted by molar-refractivity contribution is 7.11. The fourth-order valence-electron chi connectivity index (χ4n) is 3.59. The van der Waals surface area contributed by atoms with Crippen molar-refractivity contribution in [3.63, 3.8) is 0 Å². The number of anilines is 2. The average molecular weight is 451 g/mol. The maximum Gasteiger partial charge on any atom is 0.282 e. The number of carbonyl (C=O) groups is 2. The molecule has 2 amide bonds. The number of nitrogens with one attached hydrogen (secondary N) is 1. The number of ether oxygens (including phenoxy) is 3. The number of hydrogen-bond acceptors (Lipinski definition) is 7. The van der Waals surface area contributed by atoms with Crippen molar-refractivity contribution in [1.82, 2.24) is 0 Å². The second kappa shape index (κ2) is 8.76. The SMILES string of the molecule is COc1cc(NC2=C(c3cccs3)C(=O)N(c3cccc(C)c3)C2=O)cc(OC)c1OC. The summed E-state index contributed by atoms with van der Waals surface area (Å²) in [6, 6.07) is 14.3. The van der Waals surface area contributed by atoms with Gasteiger partial charge in [-0.15, -0.1) is 11.3 Å². The molecule has 0 saturated carbocycles. The summed E-state index contributed by atoms with van der Waals surface area (Å²) in [6.07, 6.45) is 0. The Kier molecular flexibility index (Phi) is 5.87. The van der Waals surface area contributed by atoms with Crippen LogP contribution in [0.1, 0.15) is 10.4 Å². The average Bonchev–Trinajstić information content (AvgIpc) is 3.39. The predicted molar refractivity (Wildman–Crippen MR) is 125 cm³/mol. The molecule has 0 aliphatic carbocycles. The molecule has 0 fully saturated rings. The Labute approximate surface area is 189 Å². The van der Waals surface area contributed by atoms with Gasteiger partial charge in [0.25, 0.3) is 11.8 Å². The van der Waals surface area contributed by atoms with E-state index < -0.39 is 5.91 Å². The van der Waals surface area contributed by atoms with Gasteiger partial charge in [-0.1, -0.05) is 18.2 Å². The van der Waals surface area contributed by atoms with Crippen LogP contribution in [0.25, 0.3) is 5.57 Å². The molecule has 1 aromatic heterocycles. The number of amides is 2. The van der Waals surface area contributed by atoms with Gasteiger partial charge in [-0.25, -0.2) is 4.90 Å². The second-order valence-corrected chi connectivity index (χ2v) is 8.00. The van der Waals surface area contributed by atoms with Crippen LogP contribution in [-0.2, 0) is 9.59 Å². The van der Waals surface area contributed by atoms with Crippen molar-refractivity contribution < 1.29 is 23.8 Å². The van der Waals surface area contributed by atoms with Gasteiger partial charge in [-0.2, -0.15) is 0 Å². The Hall–Kier alpha value is -3.78. The first kappa shape index (κ1) is 21.5. The third-order valence-corrected chi connectivity index (χ3v) is 5.93. The van der Waals surface area contributed by atoms with Crippen molar-refractivity contribution in [2.45, 2.75) is 6.92 Å². The zero-order valence-electron chi connectivity index (χ0n) is 18.1. The molecule has 0 unspecified atom stereocenters. The zero-order chi connectivity index (χ0) is 22.8. The standard InChI is InChI=1S/C24H22N2O5S/c1-14-7-5-8-16(11-14)26-23(27)20(19-9-6-10-32-19)21(24(26)28)25-15-12-17(29-2)22(31-4)18(13-15)30-3/h5-13,25H,1-4H3. The van der Waals surface area contributed by atoms with E-state index in [9.17, 15) is 9.59 Å². The quantitative estimate of drug-likeness (QED) is 0.535. The monoisotopic (exact) mass is 450 g/mol. The molecule has 1 aliphatic heterocycles. The van der Waals surface area contributed by atoms with Gasteiger partial charge in [0.15, 0.2) is 11.5 Å². The van der Waals surface area contributed by atoms with Crippen molar-refractivity contribution in [1.29, 1.82) is 0 Å². The molecule has 1 N–H and O–H groups in total. The summed E-state index contributed by atoms with van der Waals surface area (Å²) in [5.41, 5.74) is 2.51. The van der Waals surface area contributed by atoms with Crippen LogP contribution in [0.4, 0.5) is 11.4 Å². The minimum Gasteiger partial charge on any atom is -0.493 e. The normalized spacial score (nSPS) is 13.6. The topological polar surface area (TPSA) is 77.1 Å². The van der Waals surface area contributed by atoms with E-state index in [1.807, 2.05) is 42.6 Å². The molecule has 2 heterocycles. The minimum atomic E-state index is -0.433. The van der Waals surface area contributed by atoms with Gasteiger partial charge < -0.3 is 19.5 Å². The second-order valence-electron chi connectivity index (χ2n) is 7.05. The molecular formula is C24H22N2O5S. The number of thiophene rings is 1. The maximum atomic E-state index is 13.5. The summed E-state index contributed by atoms with van der Waals surface area (Å²) in [5.74, 6) is 0.485. The Morgan fingerprint density at radius 2 is 1.59 bits per heavy atom. The van der Waals surface area contributed by atoms with Crippen LogP contribution < -0.4 is 24.4 Å². The number of imide groups is 1. The van der Waals surface area contributed by atoms with Crippen molar-refractivity contribution in [2.75, 3.05) is 31.5 Å². The number of hydrogen-bond donors (Lipinski definition) is 1. The van der Waals surface area contributed by atoms with E-state index in [0.29, 0.717) is 39.1 Å². The van der Waals surface area contributed by atoms with Gasteiger partial charge in [0.05, 0.1) is 32.6 Å². The van der Waals surface area contributed by atoms with E-state index in [-0.39, 0.29) is 11.6 Å². The van der Waals surface area contributed by atoms with Crippen LogP contribution in [0.5, 0.6) is 17.2 Å². The summed E-state index contributed by atoms with van der Waals surface area (Å²) in [5, 5.41) is 5.00. The van der Waals surface area contributed by atoms with Crippen molar-refractivity contribution >= 4 is 40.1 Å². The highest BCUT2D eigenvalue weighted by atomic mass is 32.1. The highest BCUT2D eigenvalue weighted by Gasteiger charge is 2.40. The number of nitrogens with zero attached hydrogens (tertiary/aromatic N) is 1. The summed E-state index contributed by atoms with van der Waals surface area (Å²) in [6.45, 7) is 1.91. The number of benzene rings is 2. The molecule has 32 heavy (non-hydrogen) atoms. The van der Waals surface area contributed by atoms with E-state index in [1.165, 1.54) is 37.6 Å². The third kappa shape index (κ3) is 3.69. The van der Waals surface area contributed by atoms with E-state index in [2.05, 4.69) is 5.32 Å². The van der Waals surface area contributed by atoms with Crippen LogP contribution in [-0.4, -0.2) is 33.1 Å². The Balaban J connectivity index is 1.81. The molecule has 2 aromatic carbocycles. The van der Waals surface area contributed by atoms with Crippen LogP contribution in [0.2, 0.25) is 0 Å². The Bertz CT molecular complexity index is 1190. The first-order valence-electron chi connectivity index (χ1n) is 9.79. The number of aryl methyl sites for hydroxylation is 1. The maximum absolute atomic E-state index is 13.5. The van der Waals surface area contributed by atoms with Gasteiger partial charge in [-0.3, -0.25) is 9.59 Å². The fourth-order valence-corrected chi connectivity index (χ4v) is 4.36. The number of carbonyl (C=O) groups excluding carboxylic acids is 2. The van der Waals surface area contributed by atoms with Crippen LogP contribution in [0, 0.1) is 6.92 Å². The van der Waals surface area contributed by atoms with Crippen molar-refractivity contribution in [3.05, 3.63) is 70.0 Å². The lowest BCUT2D eigenvalue weighted by Gasteiger charge is -2.17. The lowest BCUT2D eigenvalue weighted by molar-refractivity contribution is -0.120. The van der Waals surface area contributed by atoms with Crippen molar-refractivity contribution in [2.24, 2.45) is 0 Å². The Morgan fingerprint density at radius 1 is 0.875 bits per heavy atom. The summed E-state index contributed by atoms with van der Waals surface area (Å²) >= 11 is 1.40. The molecule has 0 spiro atoms. The first-order valence-corrected chi connectivity index (χ1v) is 10.7. The largest absolute Gasteiger partial charge is 0.493 e. The molecular weight excluding hydrogens is 428 g/mol. The fraction of sp³-hybridized carbons (Fsp3) is 0.167. The molecule has 3 aromatic rings. The first-order chi connectivity index (χ1) is 15.5. The molecule has 0 bridgehead atoms. The number of methoxy groups -OCH3 is 3. The number of rotatable bonds is 7. The summed E-state index contributed by atoms with van der Waals surface area (Å²) in [7, 11) is 4.55. The lowest BCUT2D eigenvalue weighted by Crippen LogP contribution is -2.32. The molecule has 0 radical (unpaired) electrons. The lowest BCUT2D eigenvalue weighted by atomic mass is 10.1. The molecule has 0 atom stereocenters. The molecule has 4 rings (SSSR count). The molecule has 0 saturated heterocycles. The van der Waals surface area contributed by atoms with E-state index >= 15 is 0 Å². The van der Waals surface area contributed by atoms with Crippen molar-refractivity contribution in [3.8, 4) is 17.2 Å². The van der Waals surface area contributed by atoms with Crippen LogP contribution >= 0.6 is 11.3 Å². The third-order valence-electron chi connectivity index (χ3n) is 5.05. The zero-order valence-corrected chi connectivity index (χ0v) is 18.9. The molecule has 1 aliphatic rings. The van der Waals surface area contributed by atoms with Gasteiger partial charge in [-0.05, 0) is 36.1 Å². The van der Waals surface area contributed by atoms with Gasteiger partial charge in [0.1, 0.15) is 5.70 Å². The van der Waals surface area contributed by atoms with Crippen LogP contribution in [0.3, 0.4) is 0 Å². The molecule has 164 valence electrons. The predicted octanol–water partition coefficient (Wildman–Crippen LogP) is 4.48. The van der Waals surface area contributed by atoms with E-state index in [4.69, 9.17) is 14.2 Å². The molecule has 7 nitrogen and oxygen atoms in total. The minimum absolute atomic E-state index is 0.188. The van der Waals surface area contributed by atoms with Gasteiger partial charge in [0, 0.05) is 22.7 Å². The van der Waals surface area contributed by atoms with Crippen LogP contribution in [0.15, 0.2) is 59.6 Å². The summed E-state index contributed by atoms with van der Waals surface area (Å²) < 4.78 is 16.2. The van der Waals surface area contributed by atoms with E-state index in [0.717, 1.165) is 5.56 Å². The van der Waals surface area contributed by atoms with Gasteiger partial charge >= 0.3 is 0 Å². The summed E-state index contributed by atoms with van der Waals surface area (Å²) in [4.78, 5) is 28.8.